The molecule has 6 heteroatoms. The molecule has 2 aliphatic rings. The van der Waals surface area contributed by atoms with Crippen LogP contribution in [0.1, 0.15) is 39.0 Å². The third kappa shape index (κ3) is 3.18. The van der Waals surface area contributed by atoms with Crippen LogP contribution in [-0.4, -0.2) is 33.9 Å². The molecule has 0 N–H and O–H groups in total. The van der Waals surface area contributed by atoms with E-state index < -0.39 is 17.0 Å². The molecular weight excluding hydrogens is 412 g/mol. The number of rotatable bonds is 3. The van der Waals surface area contributed by atoms with Gasteiger partial charge in [0.2, 0.25) is 0 Å². The number of halogens is 1. The lowest BCUT2D eigenvalue weighted by Gasteiger charge is -2.30. The molecule has 1 aliphatic carbocycles. The van der Waals surface area contributed by atoms with Crippen LogP contribution in [0.5, 0.6) is 5.75 Å². The fraction of sp³-hybridized carbons (Fsp3) is 0.400. The van der Waals surface area contributed by atoms with Crippen LogP contribution in [0.3, 0.4) is 0 Å². The van der Waals surface area contributed by atoms with Crippen molar-refractivity contribution in [2.45, 2.75) is 57.5 Å². The topological polar surface area (TPSA) is 45.5 Å². The van der Waals surface area contributed by atoms with Gasteiger partial charge in [-0.2, -0.15) is 5.10 Å². The summed E-state index contributed by atoms with van der Waals surface area (Å²) in [4.78, 5) is 0. The second kappa shape index (κ2) is 6.83. The highest BCUT2D eigenvalue weighted by Crippen LogP contribution is 2.51. The van der Waals surface area contributed by atoms with E-state index in [2.05, 4.69) is 27.7 Å². The molecule has 1 aliphatic heterocycles. The molecular formula is C25H27ClN2O3. The molecule has 2 heterocycles. The van der Waals surface area contributed by atoms with Crippen LogP contribution < -0.4 is 4.74 Å². The molecule has 162 valence electrons. The van der Waals surface area contributed by atoms with Gasteiger partial charge in [0.05, 0.1) is 29.7 Å². The van der Waals surface area contributed by atoms with Crippen LogP contribution in [0, 0.1) is 0 Å². The zero-order valence-corrected chi connectivity index (χ0v) is 19.3. The maximum Gasteiger partial charge on any atom is 0.179 e. The second-order valence-electron chi connectivity index (χ2n) is 9.35. The monoisotopic (exact) mass is 438 g/mol. The highest BCUT2D eigenvalue weighted by atomic mass is 35.5. The number of ether oxygens (including phenoxy) is 3. The SMILES string of the molecule is COc1ccccc1-n1nc2c(c1-c1ccc(Cl)cc1)CC1(C2)OC(C)(C)C(C)(C)O1. The summed E-state index contributed by atoms with van der Waals surface area (Å²) in [5, 5.41) is 5.73. The van der Waals surface area contributed by atoms with Crippen LogP contribution in [0.25, 0.3) is 16.9 Å². The summed E-state index contributed by atoms with van der Waals surface area (Å²) in [6.45, 7) is 8.36. The predicted molar refractivity (Wildman–Crippen MR) is 121 cm³/mol. The summed E-state index contributed by atoms with van der Waals surface area (Å²) in [6, 6.07) is 15.8. The standard InChI is InChI=1S/C25H27ClN2O3/c1-23(2)24(3,4)31-25(30-23)14-18-19(15-25)27-28(20-8-6-7-9-21(20)29-5)22(18)16-10-12-17(26)13-11-16/h6-13H,14-15H2,1-5H3. The predicted octanol–water partition coefficient (Wildman–Crippen LogP) is 5.60. The van der Waals surface area contributed by atoms with E-state index in [1.165, 1.54) is 0 Å². The zero-order valence-electron chi connectivity index (χ0n) is 18.5. The Morgan fingerprint density at radius 3 is 2.23 bits per heavy atom. The maximum atomic E-state index is 6.54. The smallest absolute Gasteiger partial charge is 0.179 e. The molecule has 5 rings (SSSR count). The number of aromatic nitrogens is 2. The first kappa shape index (κ1) is 20.6. The highest BCUT2D eigenvalue weighted by molar-refractivity contribution is 6.30. The van der Waals surface area contributed by atoms with Gasteiger partial charge in [-0.1, -0.05) is 35.9 Å². The van der Waals surface area contributed by atoms with Crippen molar-refractivity contribution in [2.75, 3.05) is 7.11 Å². The molecule has 5 nitrogen and oxygen atoms in total. The normalized spacial score (nSPS) is 20.2. The molecule has 1 fully saturated rings. The van der Waals surface area contributed by atoms with E-state index in [0.717, 1.165) is 34.0 Å². The third-order valence-corrected chi connectivity index (χ3v) is 6.96. The van der Waals surface area contributed by atoms with E-state index in [-0.39, 0.29) is 0 Å². The molecule has 2 aromatic carbocycles. The summed E-state index contributed by atoms with van der Waals surface area (Å²) < 4.78 is 20.7. The van der Waals surface area contributed by atoms with Crippen molar-refractivity contribution >= 4 is 11.6 Å². The summed E-state index contributed by atoms with van der Waals surface area (Å²) in [6.07, 6.45) is 1.25. The minimum atomic E-state index is -0.689. The molecule has 1 aromatic heterocycles. The third-order valence-electron chi connectivity index (χ3n) is 6.71. The van der Waals surface area contributed by atoms with Gasteiger partial charge in [0.15, 0.2) is 5.79 Å². The van der Waals surface area contributed by atoms with Crippen molar-refractivity contribution in [2.24, 2.45) is 0 Å². The lowest BCUT2D eigenvalue weighted by Crippen LogP contribution is -2.41. The molecule has 0 unspecified atom stereocenters. The van der Waals surface area contributed by atoms with Gasteiger partial charge in [0.1, 0.15) is 11.4 Å². The number of benzene rings is 2. The van der Waals surface area contributed by atoms with Gasteiger partial charge in [-0.05, 0) is 52.0 Å². The lowest BCUT2D eigenvalue weighted by atomic mass is 9.90. The highest BCUT2D eigenvalue weighted by Gasteiger charge is 2.59. The van der Waals surface area contributed by atoms with Crippen LogP contribution in [0.4, 0.5) is 0 Å². The number of nitrogens with zero attached hydrogens (tertiary/aromatic N) is 2. The molecule has 0 bridgehead atoms. The van der Waals surface area contributed by atoms with Crippen molar-refractivity contribution < 1.29 is 14.2 Å². The van der Waals surface area contributed by atoms with E-state index >= 15 is 0 Å². The molecule has 0 amide bonds. The summed E-state index contributed by atoms with van der Waals surface area (Å²) >= 11 is 6.17. The molecule has 1 saturated heterocycles. The Labute approximate surface area is 187 Å². The van der Waals surface area contributed by atoms with E-state index in [1.807, 2.05) is 53.2 Å². The summed E-state index contributed by atoms with van der Waals surface area (Å²) in [5.41, 5.74) is 4.30. The average Bonchev–Trinajstić information content (AvgIpc) is 3.27. The van der Waals surface area contributed by atoms with Crippen LogP contribution in [0.15, 0.2) is 48.5 Å². The van der Waals surface area contributed by atoms with E-state index in [9.17, 15) is 0 Å². The molecule has 0 saturated carbocycles. The Morgan fingerprint density at radius 1 is 0.935 bits per heavy atom. The quantitative estimate of drug-likeness (QED) is 0.534. The van der Waals surface area contributed by atoms with Crippen molar-refractivity contribution in [3.8, 4) is 22.7 Å². The number of methoxy groups -OCH3 is 1. The second-order valence-corrected chi connectivity index (χ2v) is 9.79. The molecule has 31 heavy (non-hydrogen) atoms. The van der Waals surface area contributed by atoms with E-state index in [4.69, 9.17) is 30.9 Å². The Hall–Kier alpha value is -2.34. The van der Waals surface area contributed by atoms with Crippen molar-refractivity contribution in [3.63, 3.8) is 0 Å². The fourth-order valence-electron chi connectivity index (χ4n) is 4.63. The van der Waals surface area contributed by atoms with Crippen molar-refractivity contribution in [3.05, 3.63) is 64.8 Å². The van der Waals surface area contributed by atoms with Gasteiger partial charge in [-0.25, -0.2) is 4.68 Å². The summed E-state index contributed by atoms with van der Waals surface area (Å²) in [5.74, 6) is 0.0790. The van der Waals surface area contributed by atoms with Gasteiger partial charge < -0.3 is 14.2 Å². The fourth-order valence-corrected chi connectivity index (χ4v) is 4.76. The van der Waals surface area contributed by atoms with Crippen molar-refractivity contribution in [1.29, 1.82) is 0 Å². The largest absolute Gasteiger partial charge is 0.494 e. The Bertz CT molecular complexity index is 1130. The first-order chi connectivity index (χ1) is 14.6. The van der Waals surface area contributed by atoms with Crippen LogP contribution in [-0.2, 0) is 22.3 Å². The molecule has 3 aromatic rings. The summed E-state index contributed by atoms with van der Waals surface area (Å²) in [7, 11) is 1.68. The minimum absolute atomic E-state index is 0.393. The number of hydrogen-bond acceptors (Lipinski definition) is 4. The van der Waals surface area contributed by atoms with Gasteiger partial charge in [0, 0.05) is 29.0 Å². The Kier molecular flexibility index (Phi) is 4.53. The van der Waals surface area contributed by atoms with Gasteiger partial charge in [0.25, 0.3) is 0 Å². The average molecular weight is 439 g/mol. The number of hydrogen-bond donors (Lipinski definition) is 0. The first-order valence-corrected chi connectivity index (χ1v) is 10.9. The van der Waals surface area contributed by atoms with E-state index in [0.29, 0.717) is 17.9 Å². The van der Waals surface area contributed by atoms with Gasteiger partial charge >= 0.3 is 0 Å². The zero-order chi connectivity index (χ0) is 22.0. The van der Waals surface area contributed by atoms with Gasteiger partial charge in [-0.15, -0.1) is 0 Å². The lowest BCUT2D eigenvalue weighted by molar-refractivity contribution is -0.183. The Morgan fingerprint density at radius 2 is 1.58 bits per heavy atom. The van der Waals surface area contributed by atoms with Crippen LogP contribution >= 0.6 is 11.6 Å². The maximum absolute atomic E-state index is 6.54. The number of para-hydroxylation sites is 2. The van der Waals surface area contributed by atoms with Crippen LogP contribution in [0.2, 0.25) is 5.02 Å². The van der Waals surface area contributed by atoms with Crippen molar-refractivity contribution in [1.82, 2.24) is 9.78 Å². The number of fused-ring (bicyclic) bond motifs is 1. The van der Waals surface area contributed by atoms with Gasteiger partial charge in [-0.3, -0.25) is 0 Å². The molecule has 0 radical (unpaired) electrons. The minimum Gasteiger partial charge on any atom is -0.494 e. The first-order valence-electron chi connectivity index (χ1n) is 10.6. The molecule has 1 spiro atoms. The van der Waals surface area contributed by atoms with E-state index in [1.54, 1.807) is 7.11 Å². The molecule has 0 atom stereocenters. The Balaban J connectivity index is 1.66.